The fourth-order valence-corrected chi connectivity index (χ4v) is 2.75. The van der Waals surface area contributed by atoms with Crippen LogP contribution in [-0.4, -0.2) is 5.11 Å². The lowest BCUT2D eigenvalue weighted by molar-refractivity contribution is 0.390. The van der Waals surface area contributed by atoms with Gasteiger partial charge in [-0.1, -0.05) is 19.1 Å². The molecule has 2 unspecified atom stereocenters. The van der Waals surface area contributed by atoms with Gasteiger partial charge < -0.3 is 5.11 Å². The van der Waals surface area contributed by atoms with Gasteiger partial charge >= 0.3 is 0 Å². The predicted molar refractivity (Wildman–Crippen MR) is 62.9 cm³/mol. The number of benzene rings is 1. The fourth-order valence-electron chi connectivity index (χ4n) is 2.75. The van der Waals surface area contributed by atoms with Crippen LogP contribution in [0.2, 0.25) is 0 Å². The average molecular weight is 215 g/mol. The van der Waals surface area contributed by atoms with Crippen molar-refractivity contribution in [1.29, 1.82) is 5.26 Å². The van der Waals surface area contributed by atoms with Crippen molar-refractivity contribution in [3.63, 3.8) is 0 Å². The fraction of sp³-hybridized carbons (Fsp3) is 0.500. The maximum Gasteiger partial charge on any atom is 0.115 e. The molecular weight excluding hydrogens is 198 g/mol. The summed E-state index contributed by atoms with van der Waals surface area (Å²) in [6.07, 6.45) is 3.88. The maximum atomic E-state index is 9.41. The second-order valence-corrected chi connectivity index (χ2v) is 5.09. The third-order valence-corrected chi connectivity index (χ3v) is 3.55. The molecule has 0 bridgehead atoms. The second-order valence-electron chi connectivity index (χ2n) is 5.09. The first-order valence-electron chi connectivity index (χ1n) is 5.83. The average Bonchev–Trinajstić information content (AvgIpc) is 2.61. The van der Waals surface area contributed by atoms with Gasteiger partial charge in [-0.25, -0.2) is 0 Å². The number of rotatable bonds is 2. The molecule has 0 heterocycles. The molecule has 0 spiro atoms. The number of aromatic hydroxyl groups is 1. The molecule has 1 N–H and O–H groups in total. The molecule has 1 aromatic carbocycles. The normalized spacial score (nSPS) is 28.9. The number of nitrogens with zero attached hydrogens (tertiary/aromatic N) is 1. The highest BCUT2D eigenvalue weighted by Gasteiger charge is 2.37. The molecule has 0 aliphatic heterocycles. The smallest absolute Gasteiger partial charge is 0.115 e. The van der Waals surface area contributed by atoms with E-state index in [9.17, 15) is 10.4 Å². The highest BCUT2D eigenvalue weighted by molar-refractivity contribution is 5.29. The highest BCUT2D eigenvalue weighted by Crippen LogP contribution is 2.43. The third kappa shape index (κ3) is 2.19. The molecule has 1 aromatic rings. The van der Waals surface area contributed by atoms with Crippen molar-refractivity contribution in [3.05, 3.63) is 29.8 Å². The van der Waals surface area contributed by atoms with E-state index in [-0.39, 0.29) is 11.2 Å². The molecule has 0 saturated heterocycles. The Kier molecular flexibility index (Phi) is 2.87. The Hall–Kier alpha value is -1.49. The van der Waals surface area contributed by atoms with Gasteiger partial charge in [0.05, 0.1) is 11.5 Å². The van der Waals surface area contributed by atoms with Crippen molar-refractivity contribution in [2.24, 2.45) is 11.3 Å². The van der Waals surface area contributed by atoms with Crippen LogP contribution in [0.1, 0.15) is 31.7 Å². The zero-order chi connectivity index (χ0) is 11.6. The zero-order valence-corrected chi connectivity index (χ0v) is 9.61. The molecule has 1 saturated carbocycles. The standard InChI is InChI=1S/C14H17NO/c1-11-5-6-14(8-11,10-15)9-12-3-2-4-13(16)7-12/h2-4,7,11,16H,5-6,8-9H2,1H3. The van der Waals surface area contributed by atoms with E-state index in [1.807, 2.05) is 12.1 Å². The third-order valence-electron chi connectivity index (χ3n) is 3.55. The van der Waals surface area contributed by atoms with Gasteiger partial charge in [0.25, 0.3) is 0 Å². The lowest BCUT2D eigenvalue weighted by atomic mass is 9.81. The minimum Gasteiger partial charge on any atom is -0.508 e. The summed E-state index contributed by atoms with van der Waals surface area (Å²) in [6, 6.07) is 9.76. The minimum atomic E-state index is -0.201. The van der Waals surface area contributed by atoms with E-state index in [4.69, 9.17) is 0 Å². The second kappa shape index (κ2) is 4.17. The molecule has 84 valence electrons. The minimum absolute atomic E-state index is 0.201. The number of nitriles is 1. The summed E-state index contributed by atoms with van der Waals surface area (Å²) >= 11 is 0. The number of hydrogen-bond donors (Lipinski definition) is 1. The molecule has 1 fully saturated rings. The summed E-state index contributed by atoms with van der Waals surface area (Å²) in [4.78, 5) is 0. The van der Waals surface area contributed by atoms with Gasteiger partial charge in [-0.15, -0.1) is 0 Å². The SMILES string of the molecule is CC1CCC(C#N)(Cc2cccc(O)c2)C1. The Labute approximate surface area is 96.5 Å². The van der Waals surface area contributed by atoms with Crippen LogP contribution in [0.25, 0.3) is 0 Å². The summed E-state index contributed by atoms with van der Waals surface area (Å²) < 4.78 is 0. The van der Waals surface area contributed by atoms with Crippen LogP contribution in [0.4, 0.5) is 0 Å². The van der Waals surface area contributed by atoms with Gasteiger partial charge in [-0.05, 0) is 49.3 Å². The van der Waals surface area contributed by atoms with Gasteiger partial charge in [-0.2, -0.15) is 5.26 Å². The quantitative estimate of drug-likeness (QED) is 0.822. The van der Waals surface area contributed by atoms with Crippen molar-refractivity contribution < 1.29 is 5.11 Å². The summed E-state index contributed by atoms with van der Waals surface area (Å²) in [5.74, 6) is 0.939. The van der Waals surface area contributed by atoms with E-state index in [1.165, 1.54) is 0 Å². The predicted octanol–water partition coefficient (Wildman–Crippen LogP) is 3.26. The number of phenols is 1. The molecule has 2 heteroatoms. The van der Waals surface area contributed by atoms with Crippen molar-refractivity contribution in [3.8, 4) is 11.8 Å². The molecule has 1 aliphatic rings. The van der Waals surface area contributed by atoms with Gasteiger partial charge in [0, 0.05) is 0 Å². The Balaban J connectivity index is 2.17. The van der Waals surface area contributed by atoms with Crippen molar-refractivity contribution >= 4 is 0 Å². The largest absolute Gasteiger partial charge is 0.508 e. The lowest BCUT2D eigenvalue weighted by Crippen LogP contribution is -2.17. The summed E-state index contributed by atoms with van der Waals surface area (Å²) in [7, 11) is 0. The molecule has 2 rings (SSSR count). The van der Waals surface area contributed by atoms with Crippen LogP contribution < -0.4 is 0 Å². The number of hydrogen-bond acceptors (Lipinski definition) is 2. The van der Waals surface area contributed by atoms with Crippen molar-refractivity contribution in [2.75, 3.05) is 0 Å². The first kappa shape index (κ1) is 11.0. The molecule has 16 heavy (non-hydrogen) atoms. The molecule has 0 amide bonds. The van der Waals surface area contributed by atoms with E-state index in [0.29, 0.717) is 5.92 Å². The summed E-state index contributed by atoms with van der Waals surface area (Å²) in [6.45, 7) is 2.21. The Morgan fingerprint density at radius 2 is 2.38 bits per heavy atom. The first-order valence-corrected chi connectivity index (χ1v) is 5.83. The monoisotopic (exact) mass is 215 g/mol. The van der Waals surface area contributed by atoms with Gasteiger partial charge in [0.1, 0.15) is 5.75 Å². The Morgan fingerprint density at radius 3 is 2.94 bits per heavy atom. The van der Waals surface area contributed by atoms with E-state index in [1.54, 1.807) is 12.1 Å². The van der Waals surface area contributed by atoms with E-state index >= 15 is 0 Å². The van der Waals surface area contributed by atoms with Crippen molar-refractivity contribution in [2.45, 2.75) is 32.6 Å². The van der Waals surface area contributed by atoms with Crippen molar-refractivity contribution in [1.82, 2.24) is 0 Å². The van der Waals surface area contributed by atoms with Crippen LogP contribution in [0.3, 0.4) is 0 Å². The number of phenolic OH excluding ortho intramolecular Hbond substituents is 1. The molecule has 0 aromatic heterocycles. The van der Waals surface area contributed by atoms with Crippen LogP contribution in [0.5, 0.6) is 5.75 Å². The van der Waals surface area contributed by atoms with E-state index in [2.05, 4.69) is 13.0 Å². The topological polar surface area (TPSA) is 44.0 Å². The Bertz CT molecular complexity index is 421. The Morgan fingerprint density at radius 1 is 1.56 bits per heavy atom. The van der Waals surface area contributed by atoms with E-state index in [0.717, 1.165) is 31.2 Å². The maximum absolute atomic E-state index is 9.41. The lowest BCUT2D eigenvalue weighted by Gasteiger charge is -2.20. The van der Waals surface area contributed by atoms with Crippen LogP contribution in [0, 0.1) is 22.7 Å². The van der Waals surface area contributed by atoms with Crippen LogP contribution >= 0.6 is 0 Å². The van der Waals surface area contributed by atoms with Gasteiger partial charge in [-0.3, -0.25) is 0 Å². The summed E-state index contributed by atoms with van der Waals surface area (Å²) in [5.41, 5.74) is 0.864. The molecule has 2 atom stereocenters. The van der Waals surface area contributed by atoms with E-state index < -0.39 is 0 Å². The summed E-state index contributed by atoms with van der Waals surface area (Å²) in [5, 5.41) is 18.8. The van der Waals surface area contributed by atoms with Gasteiger partial charge in [0.2, 0.25) is 0 Å². The zero-order valence-electron chi connectivity index (χ0n) is 9.61. The van der Waals surface area contributed by atoms with Crippen LogP contribution in [0.15, 0.2) is 24.3 Å². The molecule has 0 radical (unpaired) electrons. The molecular formula is C14H17NO. The highest BCUT2D eigenvalue weighted by atomic mass is 16.3. The molecule has 1 aliphatic carbocycles. The van der Waals surface area contributed by atoms with Crippen LogP contribution in [-0.2, 0) is 6.42 Å². The first-order chi connectivity index (χ1) is 7.63. The molecule has 2 nitrogen and oxygen atoms in total. The van der Waals surface area contributed by atoms with Gasteiger partial charge in [0.15, 0.2) is 0 Å².